The molecule has 1 atom stereocenters. The number of nitrogens with one attached hydrogen (secondary N) is 1. The Balaban J connectivity index is 2.04. The van der Waals surface area contributed by atoms with E-state index in [9.17, 15) is 4.79 Å². The fourth-order valence-corrected chi connectivity index (χ4v) is 2.22. The largest absolute Gasteiger partial charge is 0.348 e. The zero-order valence-electron chi connectivity index (χ0n) is 11.1. The first-order valence-electron chi connectivity index (χ1n) is 6.06. The smallest absolute Gasteiger partial charge is 0.251 e. The summed E-state index contributed by atoms with van der Waals surface area (Å²) in [6.45, 7) is 4.23. The van der Waals surface area contributed by atoms with Crippen LogP contribution in [0.3, 0.4) is 0 Å². The molecule has 0 saturated carbocycles. The highest BCUT2D eigenvalue weighted by molar-refractivity contribution is 6.36. The van der Waals surface area contributed by atoms with Crippen molar-refractivity contribution in [3.8, 4) is 0 Å². The number of nitrogens with zero attached hydrogens (tertiary/aromatic N) is 3. The van der Waals surface area contributed by atoms with Crippen molar-refractivity contribution >= 4 is 29.1 Å². The predicted molar refractivity (Wildman–Crippen MR) is 78.1 cm³/mol. The molecule has 1 N–H and O–H groups in total. The summed E-state index contributed by atoms with van der Waals surface area (Å²) in [7, 11) is 0. The maximum atomic E-state index is 12.1. The van der Waals surface area contributed by atoms with Crippen molar-refractivity contribution in [2.24, 2.45) is 0 Å². The molecular weight excluding hydrogens is 299 g/mol. The van der Waals surface area contributed by atoms with Crippen LogP contribution in [-0.2, 0) is 6.54 Å². The van der Waals surface area contributed by atoms with Crippen molar-refractivity contribution in [1.82, 2.24) is 20.1 Å². The van der Waals surface area contributed by atoms with Crippen LogP contribution in [0.2, 0.25) is 10.0 Å². The summed E-state index contributed by atoms with van der Waals surface area (Å²) < 4.78 is 1.65. The van der Waals surface area contributed by atoms with E-state index < -0.39 is 0 Å². The van der Waals surface area contributed by atoms with Gasteiger partial charge in [-0.1, -0.05) is 23.2 Å². The van der Waals surface area contributed by atoms with Crippen LogP contribution in [0.4, 0.5) is 0 Å². The summed E-state index contributed by atoms with van der Waals surface area (Å²) in [5.41, 5.74) is 1.21. The minimum Gasteiger partial charge on any atom is -0.348 e. The molecule has 0 aliphatic rings. The van der Waals surface area contributed by atoms with Crippen molar-refractivity contribution in [3.05, 3.63) is 46.0 Å². The van der Waals surface area contributed by atoms with Crippen LogP contribution in [0.15, 0.2) is 24.8 Å². The molecule has 1 amide bonds. The molecule has 20 heavy (non-hydrogen) atoms. The van der Waals surface area contributed by atoms with Crippen LogP contribution in [-0.4, -0.2) is 26.7 Å². The van der Waals surface area contributed by atoms with Gasteiger partial charge < -0.3 is 5.32 Å². The van der Waals surface area contributed by atoms with Gasteiger partial charge in [0.05, 0.1) is 6.54 Å². The lowest BCUT2D eigenvalue weighted by Gasteiger charge is -2.14. The van der Waals surface area contributed by atoms with Gasteiger partial charge in [0.25, 0.3) is 5.91 Å². The molecular formula is C13H14Cl2N4O. The van der Waals surface area contributed by atoms with Crippen LogP contribution < -0.4 is 5.32 Å². The standard InChI is InChI=1S/C13H14Cl2N4O/c1-8(5-19-7-16-6-17-19)18-13(20)10-3-11(14)9(2)12(15)4-10/h3-4,6-8H,5H2,1-2H3,(H,18,20). The van der Waals surface area contributed by atoms with Crippen molar-refractivity contribution in [1.29, 1.82) is 0 Å². The van der Waals surface area contributed by atoms with E-state index in [0.717, 1.165) is 5.56 Å². The van der Waals surface area contributed by atoms with Crippen molar-refractivity contribution < 1.29 is 4.79 Å². The molecule has 1 aromatic heterocycles. The average Bonchev–Trinajstić information content (AvgIpc) is 2.87. The maximum absolute atomic E-state index is 12.1. The molecule has 106 valence electrons. The molecule has 7 heteroatoms. The molecule has 5 nitrogen and oxygen atoms in total. The van der Waals surface area contributed by atoms with E-state index in [1.807, 2.05) is 6.92 Å². The Kier molecular flexibility index (Phi) is 4.62. The first-order chi connectivity index (χ1) is 9.47. The molecule has 0 spiro atoms. The number of hydrogen-bond acceptors (Lipinski definition) is 3. The second-order valence-electron chi connectivity index (χ2n) is 4.56. The summed E-state index contributed by atoms with van der Waals surface area (Å²) in [4.78, 5) is 16.0. The maximum Gasteiger partial charge on any atom is 0.251 e. The number of aromatic nitrogens is 3. The van der Waals surface area contributed by atoms with Gasteiger partial charge in [-0.15, -0.1) is 0 Å². The zero-order chi connectivity index (χ0) is 14.7. The first-order valence-corrected chi connectivity index (χ1v) is 6.82. The molecule has 0 aliphatic heterocycles. The normalized spacial score (nSPS) is 12.2. The Bertz CT molecular complexity index is 590. The van der Waals surface area contributed by atoms with Gasteiger partial charge in [0, 0.05) is 21.7 Å². The number of carbonyl (C=O) groups excluding carboxylic acids is 1. The van der Waals surface area contributed by atoms with Gasteiger partial charge in [-0.05, 0) is 31.5 Å². The van der Waals surface area contributed by atoms with E-state index in [2.05, 4.69) is 15.4 Å². The summed E-state index contributed by atoms with van der Waals surface area (Å²) in [6, 6.07) is 3.13. The second-order valence-corrected chi connectivity index (χ2v) is 5.37. The fraction of sp³-hybridized carbons (Fsp3) is 0.308. The molecule has 0 saturated heterocycles. The SMILES string of the molecule is Cc1c(Cl)cc(C(=O)NC(C)Cn2cncn2)cc1Cl. The Morgan fingerprint density at radius 2 is 2.05 bits per heavy atom. The van der Waals surface area contributed by atoms with Gasteiger partial charge in [-0.3, -0.25) is 9.48 Å². The first kappa shape index (κ1) is 14.8. The molecule has 1 heterocycles. The van der Waals surface area contributed by atoms with Crippen molar-refractivity contribution in [3.63, 3.8) is 0 Å². The van der Waals surface area contributed by atoms with Gasteiger partial charge in [-0.25, -0.2) is 4.98 Å². The predicted octanol–water partition coefficient (Wildman–Crippen LogP) is 2.71. The van der Waals surface area contributed by atoms with Gasteiger partial charge in [0.15, 0.2) is 0 Å². The number of hydrogen-bond donors (Lipinski definition) is 1. The molecule has 0 aliphatic carbocycles. The average molecular weight is 313 g/mol. The Morgan fingerprint density at radius 3 is 2.60 bits per heavy atom. The topological polar surface area (TPSA) is 59.8 Å². The quantitative estimate of drug-likeness (QED) is 0.944. The lowest BCUT2D eigenvalue weighted by molar-refractivity contribution is 0.0936. The van der Waals surface area contributed by atoms with Crippen molar-refractivity contribution in [2.45, 2.75) is 26.4 Å². The molecule has 1 aromatic carbocycles. The van der Waals surface area contributed by atoms with Crippen LogP contribution in [0.25, 0.3) is 0 Å². The molecule has 0 bridgehead atoms. The van der Waals surface area contributed by atoms with E-state index in [4.69, 9.17) is 23.2 Å². The highest BCUT2D eigenvalue weighted by Gasteiger charge is 2.13. The third kappa shape index (κ3) is 3.49. The monoisotopic (exact) mass is 312 g/mol. The van der Waals surface area contributed by atoms with Gasteiger partial charge >= 0.3 is 0 Å². The number of rotatable bonds is 4. The summed E-state index contributed by atoms with van der Waals surface area (Å²) in [5.74, 6) is -0.221. The Hall–Kier alpha value is -1.59. The Morgan fingerprint density at radius 1 is 1.40 bits per heavy atom. The molecule has 2 rings (SSSR count). The van der Waals surface area contributed by atoms with E-state index in [1.165, 1.54) is 6.33 Å². The molecule has 1 unspecified atom stereocenters. The lowest BCUT2D eigenvalue weighted by atomic mass is 10.1. The van der Waals surface area contributed by atoms with E-state index >= 15 is 0 Å². The second kappa shape index (κ2) is 6.24. The fourth-order valence-electron chi connectivity index (χ4n) is 1.74. The van der Waals surface area contributed by atoms with Crippen LogP contribution in [0, 0.1) is 6.92 Å². The van der Waals surface area contributed by atoms with Crippen molar-refractivity contribution in [2.75, 3.05) is 0 Å². The minimum absolute atomic E-state index is 0.0944. The summed E-state index contributed by atoms with van der Waals surface area (Å²) in [5, 5.41) is 7.81. The van der Waals surface area contributed by atoms with Crippen LogP contribution in [0.5, 0.6) is 0 Å². The molecule has 0 radical (unpaired) electrons. The van der Waals surface area contributed by atoms with Gasteiger partial charge in [0.1, 0.15) is 12.7 Å². The third-order valence-corrected chi connectivity index (χ3v) is 3.63. The number of carbonyl (C=O) groups is 1. The number of benzene rings is 1. The highest BCUT2D eigenvalue weighted by atomic mass is 35.5. The molecule has 2 aromatic rings. The van der Waals surface area contributed by atoms with Gasteiger partial charge in [0.2, 0.25) is 0 Å². The highest BCUT2D eigenvalue weighted by Crippen LogP contribution is 2.25. The summed E-state index contributed by atoms with van der Waals surface area (Å²) in [6.07, 6.45) is 3.05. The summed E-state index contributed by atoms with van der Waals surface area (Å²) >= 11 is 12.1. The van der Waals surface area contributed by atoms with Crippen LogP contribution in [0.1, 0.15) is 22.8 Å². The van der Waals surface area contributed by atoms with Crippen LogP contribution >= 0.6 is 23.2 Å². The minimum atomic E-state index is -0.221. The molecule has 0 fully saturated rings. The lowest BCUT2D eigenvalue weighted by Crippen LogP contribution is -2.35. The van der Waals surface area contributed by atoms with E-state index in [0.29, 0.717) is 22.2 Å². The van der Waals surface area contributed by atoms with E-state index in [-0.39, 0.29) is 11.9 Å². The van der Waals surface area contributed by atoms with E-state index in [1.54, 1.807) is 30.1 Å². The number of amides is 1. The Labute approximate surface area is 126 Å². The van der Waals surface area contributed by atoms with Gasteiger partial charge in [-0.2, -0.15) is 5.10 Å². The third-order valence-electron chi connectivity index (χ3n) is 2.85. The zero-order valence-corrected chi connectivity index (χ0v) is 12.6. The number of halogens is 2.